The summed E-state index contributed by atoms with van der Waals surface area (Å²) in [6.45, 7) is 5.04. The summed E-state index contributed by atoms with van der Waals surface area (Å²) in [7, 11) is 2.07. The van der Waals surface area contributed by atoms with Crippen LogP contribution in [0.25, 0.3) is 10.9 Å². The number of hydrogen-bond donors (Lipinski definition) is 2. The van der Waals surface area contributed by atoms with Crippen molar-refractivity contribution in [1.29, 1.82) is 0 Å². The van der Waals surface area contributed by atoms with Crippen molar-refractivity contribution in [2.24, 2.45) is 0 Å². The number of likely N-dealkylation sites (tertiary alicyclic amines) is 1. The maximum atomic E-state index is 13.2. The van der Waals surface area contributed by atoms with Gasteiger partial charge in [0.05, 0.1) is 6.10 Å². The molecule has 0 aliphatic carbocycles. The smallest absolute Gasteiger partial charge is 0.189 e. The van der Waals surface area contributed by atoms with Gasteiger partial charge in [-0.3, -0.25) is 4.79 Å². The van der Waals surface area contributed by atoms with E-state index in [2.05, 4.69) is 22.2 Å². The van der Waals surface area contributed by atoms with Crippen molar-refractivity contribution in [2.75, 3.05) is 26.7 Å². The molecule has 0 amide bonds. The van der Waals surface area contributed by atoms with E-state index in [1.807, 2.05) is 6.92 Å². The number of nitrogens with zero attached hydrogens (tertiary/aromatic N) is 1. The van der Waals surface area contributed by atoms with Gasteiger partial charge in [-0.15, -0.1) is 0 Å². The highest BCUT2D eigenvalue weighted by atomic mass is 19.1. The zero-order valence-corrected chi connectivity index (χ0v) is 13.4. The van der Waals surface area contributed by atoms with E-state index in [1.54, 1.807) is 6.07 Å². The predicted molar refractivity (Wildman–Crippen MR) is 88.1 cm³/mol. The van der Waals surface area contributed by atoms with E-state index in [0.717, 1.165) is 18.8 Å². The Kier molecular flexibility index (Phi) is 4.75. The van der Waals surface area contributed by atoms with Crippen LogP contribution in [0, 0.1) is 5.82 Å². The van der Waals surface area contributed by atoms with Crippen molar-refractivity contribution in [3.05, 3.63) is 46.0 Å². The molecule has 1 aliphatic heterocycles. The Bertz CT molecular complexity index is 746. The second-order valence-electron chi connectivity index (χ2n) is 6.05. The molecule has 1 aromatic heterocycles. The number of nitrogens with one attached hydrogen (secondary N) is 2. The summed E-state index contributed by atoms with van der Waals surface area (Å²) in [4.78, 5) is 17.5. The summed E-state index contributed by atoms with van der Waals surface area (Å²) in [6, 6.07) is 5.98. The molecule has 0 bridgehead atoms. The lowest BCUT2D eigenvalue weighted by molar-refractivity contribution is 0.0541. The van der Waals surface area contributed by atoms with E-state index >= 15 is 0 Å². The third-order valence-electron chi connectivity index (χ3n) is 4.23. The van der Waals surface area contributed by atoms with Crippen LogP contribution < -0.4 is 10.7 Å². The van der Waals surface area contributed by atoms with Gasteiger partial charge in [-0.1, -0.05) is 0 Å². The van der Waals surface area contributed by atoms with E-state index < -0.39 is 5.82 Å². The van der Waals surface area contributed by atoms with Crippen LogP contribution in [0.2, 0.25) is 0 Å². The van der Waals surface area contributed by atoms with Crippen molar-refractivity contribution in [1.82, 2.24) is 15.2 Å². The Morgan fingerprint density at radius 1 is 1.39 bits per heavy atom. The minimum atomic E-state index is -0.401. The summed E-state index contributed by atoms with van der Waals surface area (Å²) in [5, 5.41) is 3.83. The molecule has 124 valence electrons. The van der Waals surface area contributed by atoms with Gasteiger partial charge in [0, 0.05) is 54.9 Å². The number of aromatic amines is 1. The van der Waals surface area contributed by atoms with Crippen molar-refractivity contribution in [3.63, 3.8) is 0 Å². The van der Waals surface area contributed by atoms with E-state index in [9.17, 15) is 9.18 Å². The fourth-order valence-corrected chi connectivity index (χ4v) is 3.15. The monoisotopic (exact) mass is 319 g/mol. The molecule has 1 fully saturated rings. The predicted octanol–water partition coefficient (Wildman–Crippen LogP) is 1.48. The van der Waals surface area contributed by atoms with Crippen LogP contribution in [-0.2, 0) is 11.3 Å². The highest BCUT2D eigenvalue weighted by Crippen LogP contribution is 2.13. The SMILES string of the molecule is CCO[C@@H]1CN(C)C[C@H]1NCc1cc(=O)c2cc(F)ccc2[nH]1. The lowest BCUT2D eigenvalue weighted by Gasteiger charge is -2.19. The molecule has 0 unspecified atom stereocenters. The van der Waals surface area contributed by atoms with Crippen LogP contribution >= 0.6 is 0 Å². The van der Waals surface area contributed by atoms with Gasteiger partial charge < -0.3 is 19.9 Å². The third-order valence-corrected chi connectivity index (χ3v) is 4.23. The van der Waals surface area contributed by atoms with E-state index in [4.69, 9.17) is 4.74 Å². The molecule has 2 heterocycles. The minimum Gasteiger partial charge on any atom is -0.375 e. The van der Waals surface area contributed by atoms with Crippen molar-refractivity contribution < 1.29 is 9.13 Å². The molecule has 1 saturated heterocycles. The van der Waals surface area contributed by atoms with Crippen LogP contribution in [0.15, 0.2) is 29.1 Å². The number of H-pyrrole nitrogens is 1. The molecule has 0 spiro atoms. The first-order valence-electron chi connectivity index (χ1n) is 7.92. The van der Waals surface area contributed by atoms with Crippen LogP contribution in [0.4, 0.5) is 4.39 Å². The largest absolute Gasteiger partial charge is 0.375 e. The lowest BCUT2D eigenvalue weighted by atomic mass is 10.1. The van der Waals surface area contributed by atoms with E-state index in [0.29, 0.717) is 24.1 Å². The van der Waals surface area contributed by atoms with Gasteiger partial charge >= 0.3 is 0 Å². The second kappa shape index (κ2) is 6.78. The maximum absolute atomic E-state index is 13.2. The van der Waals surface area contributed by atoms with Gasteiger partial charge in [-0.25, -0.2) is 4.39 Å². The number of fused-ring (bicyclic) bond motifs is 1. The van der Waals surface area contributed by atoms with Crippen LogP contribution in [0.1, 0.15) is 12.6 Å². The zero-order chi connectivity index (χ0) is 16.4. The Labute approximate surface area is 134 Å². The van der Waals surface area contributed by atoms with Gasteiger partial charge in [-0.2, -0.15) is 0 Å². The van der Waals surface area contributed by atoms with Gasteiger partial charge in [0.25, 0.3) is 0 Å². The third kappa shape index (κ3) is 3.60. The number of pyridine rings is 1. The average molecular weight is 319 g/mol. The molecule has 6 heteroatoms. The number of ether oxygens (including phenoxy) is 1. The number of hydrogen-bond acceptors (Lipinski definition) is 4. The molecule has 5 nitrogen and oxygen atoms in total. The number of aromatic nitrogens is 1. The van der Waals surface area contributed by atoms with Gasteiger partial charge in [0.1, 0.15) is 5.82 Å². The molecule has 0 radical (unpaired) electrons. The molecular formula is C17H22FN3O2. The van der Waals surface area contributed by atoms with E-state index in [1.165, 1.54) is 18.2 Å². The molecule has 1 aromatic carbocycles. The van der Waals surface area contributed by atoms with Crippen LogP contribution in [0.5, 0.6) is 0 Å². The molecule has 23 heavy (non-hydrogen) atoms. The number of benzene rings is 1. The fraction of sp³-hybridized carbons (Fsp3) is 0.471. The topological polar surface area (TPSA) is 57.4 Å². The second-order valence-corrected chi connectivity index (χ2v) is 6.05. The standard InChI is InChI=1S/C17H22FN3O2/c1-3-23-17-10-21(2)9-15(17)19-8-12-7-16(22)13-6-11(18)4-5-14(13)20-12/h4-7,15,17,19H,3,8-10H2,1-2H3,(H,20,22)/t15-,17-/m1/s1. The summed E-state index contributed by atoms with van der Waals surface area (Å²) < 4.78 is 19.0. The molecule has 2 atom stereocenters. The highest BCUT2D eigenvalue weighted by Gasteiger charge is 2.30. The van der Waals surface area contributed by atoms with Crippen molar-refractivity contribution >= 4 is 10.9 Å². The lowest BCUT2D eigenvalue weighted by Crippen LogP contribution is -2.40. The molecule has 0 saturated carbocycles. The highest BCUT2D eigenvalue weighted by molar-refractivity contribution is 5.78. The van der Waals surface area contributed by atoms with Gasteiger partial charge in [0.15, 0.2) is 5.43 Å². The number of halogens is 1. The molecule has 2 aromatic rings. The Morgan fingerprint density at radius 2 is 2.22 bits per heavy atom. The molecule has 3 rings (SSSR count). The van der Waals surface area contributed by atoms with Gasteiger partial charge in [0.2, 0.25) is 0 Å². The summed E-state index contributed by atoms with van der Waals surface area (Å²) in [5.74, 6) is -0.401. The molecule has 2 N–H and O–H groups in total. The first-order valence-corrected chi connectivity index (χ1v) is 7.92. The first-order chi connectivity index (χ1) is 11.1. The summed E-state index contributed by atoms with van der Waals surface area (Å²) >= 11 is 0. The normalized spacial score (nSPS) is 22.0. The van der Waals surface area contributed by atoms with E-state index in [-0.39, 0.29) is 17.6 Å². The minimum absolute atomic E-state index is 0.159. The zero-order valence-electron chi connectivity index (χ0n) is 13.4. The fourth-order valence-electron chi connectivity index (χ4n) is 3.15. The van der Waals surface area contributed by atoms with Gasteiger partial charge in [-0.05, 0) is 32.2 Å². The summed E-state index contributed by atoms with van der Waals surface area (Å²) in [6.07, 6.45) is 0.159. The quantitative estimate of drug-likeness (QED) is 0.876. The average Bonchev–Trinajstić information content (AvgIpc) is 2.86. The van der Waals surface area contributed by atoms with Crippen molar-refractivity contribution in [3.8, 4) is 0 Å². The number of likely N-dealkylation sites (N-methyl/N-ethyl adjacent to an activating group) is 1. The summed E-state index contributed by atoms with van der Waals surface area (Å²) in [5.41, 5.74) is 1.28. The maximum Gasteiger partial charge on any atom is 0.189 e. The first kappa shape index (κ1) is 16.1. The molecular weight excluding hydrogens is 297 g/mol. The molecule has 1 aliphatic rings. The Morgan fingerprint density at radius 3 is 3.00 bits per heavy atom. The van der Waals surface area contributed by atoms with Crippen LogP contribution in [-0.4, -0.2) is 48.8 Å². The van der Waals surface area contributed by atoms with Crippen LogP contribution in [0.3, 0.4) is 0 Å². The number of rotatable bonds is 5. The Balaban J connectivity index is 1.74. The Hall–Kier alpha value is -1.76. The van der Waals surface area contributed by atoms with Crippen molar-refractivity contribution in [2.45, 2.75) is 25.6 Å².